The molecule has 1 aliphatic rings. The molecule has 1 saturated heterocycles. The summed E-state index contributed by atoms with van der Waals surface area (Å²) in [5.41, 5.74) is 2.12. The van der Waals surface area contributed by atoms with E-state index >= 15 is 0 Å². The van der Waals surface area contributed by atoms with Crippen molar-refractivity contribution in [2.75, 3.05) is 27.4 Å². The van der Waals surface area contributed by atoms with Gasteiger partial charge >= 0.3 is 0 Å². The highest BCUT2D eigenvalue weighted by atomic mass is 79.9. The molecule has 5 nitrogen and oxygen atoms in total. The molecule has 0 spiro atoms. The minimum atomic E-state index is -0.107. The van der Waals surface area contributed by atoms with E-state index in [4.69, 9.17) is 26.4 Å². The molecule has 1 atom stereocenters. The number of methoxy groups -OCH3 is 1. The molecule has 0 saturated carbocycles. The molecule has 1 amide bonds. The summed E-state index contributed by atoms with van der Waals surface area (Å²) in [6.45, 7) is 5.16. The van der Waals surface area contributed by atoms with Crippen molar-refractivity contribution in [2.45, 2.75) is 26.2 Å². The first kappa shape index (κ1) is 24.6. The van der Waals surface area contributed by atoms with Gasteiger partial charge in [-0.1, -0.05) is 50.0 Å². The maximum Gasteiger partial charge on any atom is 0.265 e. The number of likely N-dealkylation sites (N-methyl/N-ethyl adjacent to an activating group) is 1. The summed E-state index contributed by atoms with van der Waals surface area (Å²) in [6, 6.07) is 11.9. The van der Waals surface area contributed by atoms with Gasteiger partial charge in [-0.2, -0.15) is 0 Å². The summed E-state index contributed by atoms with van der Waals surface area (Å²) in [5.74, 6) is 2.40. The zero-order chi connectivity index (χ0) is 23.3. The first-order valence-electron chi connectivity index (χ1n) is 10.3. The van der Waals surface area contributed by atoms with E-state index in [9.17, 15) is 4.79 Å². The van der Waals surface area contributed by atoms with E-state index in [-0.39, 0.29) is 5.91 Å². The summed E-state index contributed by atoms with van der Waals surface area (Å²) in [6.07, 6.45) is 2.91. The molecule has 170 valence electrons. The summed E-state index contributed by atoms with van der Waals surface area (Å²) >= 11 is 10.0. The molecule has 0 aromatic heterocycles. The quantitative estimate of drug-likeness (QED) is 0.214. The zero-order valence-electron chi connectivity index (χ0n) is 18.5. The lowest BCUT2D eigenvalue weighted by Crippen LogP contribution is -2.22. The molecule has 3 rings (SSSR count). The number of ether oxygens (including phenoxy) is 3. The van der Waals surface area contributed by atoms with Crippen LogP contribution in [-0.2, 0) is 4.79 Å². The predicted molar refractivity (Wildman–Crippen MR) is 138 cm³/mol. The van der Waals surface area contributed by atoms with Gasteiger partial charge in [0.15, 0.2) is 11.5 Å². The van der Waals surface area contributed by atoms with Crippen LogP contribution in [0.5, 0.6) is 17.2 Å². The van der Waals surface area contributed by atoms with Crippen molar-refractivity contribution >= 4 is 56.2 Å². The third-order valence-corrected chi connectivity index (χ3v) is 7.27. The molecule has 0 radical (unpaired) electrons. The Hall–Kier alpha value is -2.03. The fraction of sp³-hybridized carbons (Fsp3) is 0.333. The minimum absolute atomic E-state index is 0.107. The highest BCUT2D eigenvalue weighted by molar-refractivity contribution is 9.10. The molecular weight excluding hydrogens is 510 g/mol. The zero-order valence-corrected chi connectivity index (χ0v) is 21.7. The van der Waals surface area contributed by atoms with Gasteiger partial charge in [0.1, 0.15) is 23.3 Å². The van der Waals surface area contributed by atoms with Crippen molar-refractivity contribution in [1.29, 1.82) is 0 Å². The Kier molecular flexibility index (Phi) is 8.62. The van der Waals surface area contributed by atoms with Crippen LogP contribution in [0.1, 0.15) is 37.3 Å². The van der Waals surface area contributed by atoms with Crippen LogP contribution in [-0.4, -0.2) is 42.5 Å². The lowest BCUT2D eigenvalue weighted by Gasteiger charge is -2.14. The lowest BCUT2D eigenvalue weighted by molar-refractivity contribution is -0.121. The van der Waals surface area contributed by atoms with Crippen LogP contribution < -0.4 is 14.2 Å². The number of amides is 1. The van der Waals surface area contributed by atoms with Gasteiger partial charge in [-0.15, -0.1) is 0 Å². The maximum absolute atomic E-state index is 12.3. The van der Waals surface area contributed by atoms with Gasteiger partial charge in [0, 0.05) is 7.05 Å². The summed E-state index contributed by atoms with van der Waals surface area (Å²) in [7, 11) is 3.26. The molecule has 0 unspecified atom stereocenters. The van der Waals surface area contributed by atoms with E-state index in [2.05, 4.69) is 41.9 Å². The van der Waals surface area contributed by atoms with Crippen molar-refractivity contribution in [1.82, 2.24) is 4.90 Å². The average molecular weight is 537 g/mol. The Balaban J connectivity index is 1.62. The topological polar surface area (TPSA) is 48.0 Å². The number of hydrogen-bond acceptors (Lipinski definition) is 6. The number of carbonyl (C=O) groups excluding carboxylic acids is 1. The molecule has 1 fully saturated rings. The Labute approximate surface area is 207 Å². The monoisotopic (exact) mass is 535 g/mol. The highest BCUT2D eigenvalue weighted by Gasteiger charge is 2.28. The van der Waals surface area contributed by atoms with Crippen molar-refractivity contribution in [3.8, 4) is 17.2 Å². The third kappa shape index (κ3) is 5.85. The van der Waals surface area contributed by atoms with Crippen LogP contribution in [0.25, 0.3) is 6.08 Å². The molecule has 0 bridgehead atoms. The fourth-order valence-electron chi connectivity index (χ4n) is 3.09. The molecular formula is C24H26BrNO4S2. The predicted octanol–water partition coefficient (Wildman–Crippen LogP) is 6.26. The fourth-order valence-corrected chi connectivity index (χ4v) is 4.85. The average Bonchev–Trinajstić information content (AvgIpc) is 3.03. The van der Waals surface area contributed by atoms with E-state index < -0.39 is 0 Å². The normalized spacial score (nSPS) is 15.9. The summed E-state index contributed by atoms with van der Waals surface area (Å²) in [4.78, 5) is 14.3. The van der Waals surface area contributed by atoms with Crippen LogP contribution in [0.2, 0.25) is 0 Å². The SMILES string of the molecule is CC[C@H](C)c1ccc(OCCOc2c(Br)cc(/C=C3\SC(=S)N(C)C3=O)cc2OC)cc1. The van der Waals surface area contributed by atoms with Gasteiger partial charge in [0.25, 0.3) is 5.91 Å². The van der Waals surface area contributed by atoms with E-state index in [1.165, 1.54) is 22.2 Å². The van der Waals surface area contributed by atoms with Crippen molar-refractivity contribution in [2.24, 2.45) is 0 Å². The van der Waals surface area contributed by atoms with Crippen molar-refractivity contribution in [3.05, 3.63) is 56.9 Å². The highest BCUT2D eigenvalue weighted by Crippen LogP contribution is 2.39. The van der Waals surface area contributed by atoms with Gasteiger partial charge in [0.05, 0.1) is 16.5 Å². The third-order valence-electron chi connectivity index (χ3n) is 5.20. The number of thiocarbonyl (C=S) groups is 1. The number of hydrogen-bond donors (Lipinski definition) is 0. The minimum Gasteiger partial charge on any atom is -0.493 e. The number of halogens is 1. The van der Waals surface area contributed by atoms with Crippen molar-refractivity contribution < 1.29 is 19.0 Å². The van der Waals surface area contributed by atoms with Crippen LogP contribution in [0.3, 0.4) is 0 Å². The number of thioether (sulfide) groups is 1. The first-order chi connectivity index (χ1) is 15.3. The summed E-state index contributed by atoms with van der Waals surface area (Å²) < 4.78 is 18.5. The Morgan fingerprint density at radius 2 is 1.88 bits per heavy atom. The Morgan fingerprint density at radius 1 is 1.19 bits per heavy atom. The number of benzene rings is 2. The molecule has 0 aliphatic carbocycles. The van der Waals surface area contributed by atoms with E-state index in [0.29, 0.717) is 39.9 Å². The Morgan fingerprint density at radius 3 is 2.47 bits per heavy atom. The van der Waals surface area contributed by atoms with Gasteiger partial charge < -0.3 is 14.2 Å². The van der Waals surface area contributed by atoms with Crippen molar-refractivity contribution in [3.63, 3.8) is 0 Å². The second-order valence-electron chi connectivity index (χ2n) is 7.35. The Bertz CT molecular complexity index is 1020. The molecule has 2 aromatic rings. The maximum atomic E-state index is 12.3. The largest absolute Gasteiger partial charge is 0.493 e. The molecule has 8 heteroatoms. The second-order valence-corrected chi connectivity index (χ2v) is 9.88. The molecule has 1 heterocycles. The second kappa shape index (κ2) is 11.2. The molecule has 0 N–H and O–H groups in total. The lowest BCUT2D eigenvalue weighted by atomic mass is 9.99. The number of rotatable bonds is 9. The van der Waals surface area contributed by atoms with E-state index in [1.807, 2.05) is 24.3 Å². The van der Waals surface area contributed by atoms with Crippen LogP contribution in [0.4, 0.5) is 0 Å². The molecule has 1 aliphatic heterocycles. The van der Waals surface area contributed by atoms with Gasteiger partial charge in [-0.05, 0) is 69.7 Å². The summed E-state index contributed by atoms with van der Waals surface area (Å²) in [5, 5.41) is 0. The van der Waals surface area contributed by atoms with Crippen LogP contribution >= 0.6 is 39.9 Å². The van der Waals surface area contributed by atoms with Gasteiger partial charge in [-0.3, -0.25) is 9.69 Å². The number of nitrogens with zero attached hydrogens (tertiary/aromatic N) is 1. The van der Waals surface area contributed by atoms with Crippen LogP contribution in [0, 0.1) is 0 Å². The molecule has 32 heavy (non-hydrogen) atoms. The molecule has 2 aromatic carbocycles. The number of carbonyl (C=O) groups is 1. The van der Waals surface area contributed by atoms with Gasteiger partial charge in [0.2, 0.25) is 0 Å². The van der Waals surface area contributed by atoms with E-state index in [0.717, 1.165) is 22.2 Å². The smallest absolute Gasteiger partial charge is 0.265 e. The van der Waals surface area contributed by atoms with Gasteiger partial charge in [-0.25, -0.2) is 0 Å². The van der Waals surface area contributed by atoms with E-state index in [1.54, 1.807) is 20.2 Å². The standard InChI is InChI=1S/C24H26BrNO4S2/c1-5-15(2)17-6-8-18(9-7-17)29-10-11-30-22-19(25)12-16(13-20(22)28-4)14-21-23(27)26(3)24(31)32-21/h6-9,12-15H,5,10-11H2,1-4H3/b21-14-/t15-/m0/s1. The van der Waals surface area contributed by atoms with Crippen LogP contribution in [0.15, 0.2) is 45.8 Å². The first-order valence-corrected chi connectivity index (χ1v) is 12.3.